The number of furan rings is 1. The zero-order valence-corrected chi connectivity index (χ0v) is 10.8. The van der Waals surface area contributed by atoms with Crippen LogP contribution in [0, 0.1) is 0 Å². The van der Waals surface area contributed by atoms with Gasteiger partial charge in [-0.15, -0.1) is 0 Å². The summed E-state index contributed by atoms with van der Waals surface area (Å²) < 4.78 is 5.27. The van der Waals surface area contributed by atoms with Crippen molar-refractivity contribution >= 4 is 5.97 Å². The van der Waals surface area contributed by atoms with Gasteiger partial charge < -0.3 is 14.8 Å². The number of aromatic nitrogens is 1. The van der Waals surface area contributed by atoms with Crippen LogP contribution in [-0.2, 0) is 0 Å². The maximum Gasteiger partial charge on any atom is 0.371 e. The maximum absolute atomic E-state index is 10.8. The Morgan fingerprint density at radius 1 is 1.21 bits per heavy atom. The molecule has 5 heteroatoms. The molecular formula is C14H16N2O3. The van der Waals surface area contributed by atoms with Crippen LogP contribution in [0.5, 0.6) is 0 Å². The minimum atomic E-state index is -1.05. The molecule has 0 aliphatic carbocycles. The van der Waals surface area contributed by atoms with Crippen LogP contribution in [0.25, 0.3) is 0 Å². The SMILES string of the molecule is CC(N[C@@H](C)c1ccncc1)c1ccc(C(=O)O)o1. The predicted molar refractivity (Wildman–Crippen MR) is 69.9 cm³/mol. The number of carboxylic acids is 1. The summed E-state index contributed by atoms with van der Waals surface area (Å²) in [6.07, 6.45) is 3.49. The largest absolute Gasteiger partial charge is 0.475 e. The summed E-state index contributed by atoms with van der Waals surface area (Å²) in [7, 11) is 0. The van der Waals surface area contributed by atoms with Crippen LogP contribution in [0.15, 0.2) is 41.1 Å². The van der Waals surface area contributed by atoms with Crippen molar-refractivity contribution in [2.45, 2.75) is 25.9 Å². The summed E-state index contributed by atoms with van der Waals surface area (Å²) in [6.45, 7) is 3.97. The first-order valence-electron chi connectivity index (χ1n) is 6.07. The Kier molecular flexibility index (Phi) is 3.97. The molecule has 100 valence electrons. The molecule has 5 nitrogen and oxygen atoms in total. The number of rotatable bonds is 5. The highest BCUT2D eigenvalue weighted by molar-refractivity contribution is 5.84. The molecule has 0 saturated heterocycles. The number of pyridine rings is 1. The summed E-state index contributed by atoms with van der Waals surface area (Å²) in [6, 6.07) is 7.07. The van der Waals surface area contributed by atoms with E-state index in [2.05, 4.69) is 10.3 Å². The zero-order chi connectivity index (χ0) is 13.8. The molecule has 0 saturated carbocycles. The lowest BCUT2D eigenvalue weighted by Gasteiger charge is -2.18. The molecule has 2 heterocycles. The van der Waals surface area contributed by atoms with E-state index in [9.17, 15) is 4.79 Å². The van der Waals surface area contributed by atoms with Gasteiger partial charge in [0.25, 0.3) is 0 Å². The zero-order valence-electron chi connectivity index (χ0n) is 10.8. The molecule has 0 amide bonds. The molecule has 2 rings (SSSR count). The van der Waals surface area contributed by atoms with E-state index in [1.165, 1.54) is 6.07 Å². The van der Waals surface area contributed by atoms with Gasteiger partial charge in [0.1, 0.15) is 5.76 Å². The van der Waals surface area contributed by atoms with E-state index in [1.54, 1.807) is 18.5 Å². The Hall–Kier alpha value is -2.14. The van der Waals surface area contributed by atoms with Gasteiger partial charge in [-0.3, -0.25) is 4.98 Å². The smallest absolute Gasteiger partial charge is 0.371 e. The van der Waals surface area contributed by atoms with Crippen molar-refractivity contribution in [1.29, 1.82) is 0 Å². The normalized spacial score (nSPS) is 14.0. The van der Waals surface area contributed by atoms with Crippen molar-refractivity contribution < 1.29 is 14.3 Å². The minimum Gasteiger partial charge on any atom is -0.475 e. The van der Waals surface area contributed by atoms with Crippen LogP contribution in [0.4, 0.5) is 0 Å². The lowest BCUT2D eigenvalue weighted by atomic mass is 10.1. The third-order valence-corrected chi connectivity index (χ3v) is 2.97. The van der Waals surface area contributed by atoms with Crippen molar-refractivity contribution in [3.05, 3.63) is 53.7 Å². The Morgan fingerprint density at radius 3 is 2.47 bits per heavy atom. The summed E-state index contributed by atoms with van der Waals surface area (Å²) >= 11 is 0. The van der Waals surface area contributed by atoms with Crippen LogP contribution in [0.2, 0.25) is 0 Å². The summed E-state index contributed by atoms with van der Waals surface area (Å²) in [5.74, 6) is -0.487. The summed E-state index contributed by atoms with van der Waals surface area (Å²) in [5, 5.41) is 12.2. The van der Waals surface area contributed by atoms with Crippen LogP contribution in [-0.4, -0.2) is 16.1 Å². The van der Waals surface area contributed by atoms with Crippen molar-refractivity contribution in [3.8, 4) is 0 Å². The van der Waals surface area contributed by atoms with Crippen molar-refractivity contribution in [1.82, 2.24) is 10.3 Å². The predicted octanol–water partition coefficient (Wildman–Crippen LogP) is 2.78. The van der Waals surface area contributed by atoms with Crippen LogP contribution < -0.4 is 5.32 Å². The molecule has 2 N–H and O–H groups in total. The number of hydrogen-bond donors (Lipinski definition) is 2. The van der Waals surface area contributed by atoms with Gasteiger partial charge in [0, 0.05) is 18.4 Å². The standard InChI is InChI=1S/C14H16N2O3/c1-9(11-5-7-15-8-6-11)16-10(2)12-3-4-13(19-12)14(17)18/h3-10,16H,1-2H3,(H,17,18)/t9-,10?/m0/s1. The van der Waals surface area contributed by atoms with E-state index in [4.69, 9.17) is 9.52 Å². The van der Waals surface area contributed by atoms with Crippen molar-refractivity contribution in [2.24, 2.45) is 0 Å². The molecule has 2 aromatic rings. The molecule has 0 aliphatic rings. The monoisotopic (exact) mass is 260 g/mol. The molecule has 19 heavy (non-hydrogen) atoms. The van der Waals surface area contributed by atoms with Gasteiger partial charge in [0.05, 0.1) is 6.04 Å². The molecule has 0 aliphatic heterocycles. The molecular weight excluding hydrogens is 244 g/mol. The van der Waals surface area contributed by atoms with Gasteiger partial charge in [0.15, 0.2) is 0 Å². The van der Waals surface area contributed by atoms with E-state index >= 15 is 0 Å². The fourth-order valence-electron chi connectivity index (χ4n) is 1.91. The van der Waals surface area contributed by atoms with Crippen LogP contribution in [0.3, 0.4) is 0 Å². The van der Waals surface area contributed by atoms with E-state index in [1.807, 2.05) is 26.0 Å². The summed E-state index contributed by atoms with van der Waals surface area (Å²) in [5.41, 5.74) is 1.12. The lowest BCUT2D eigenvalue weighted by Crippen LogP contribution is -2.22. The van der Waals surface area contributed by atoms with E-state index < -0.39 is 5.97 Å². The van der Waals surface area contributed by atoms with Gasteiger partial charge in [-0.1, -0.05) is 0 Å². The molecule has 0 aromatic carbocycles. The van der Waals surface area contributed by atoms with Gasteiger partial charge >= 0.3 is 5.97 Å². The first-order chi connectivity index (χ1) is 9.08. The number of carbonyl (C=O) groups is 1. The Morgan fingerprint density at radius 2 is 1.89 bits per heavy atom. The number of hydrogen-bond acceptors (Lipinski definition) is 4. The van der Waals surface area contributed by atoms with Gasteiger partial charge in [-0.25, -0.2) is 4.79 Å². The Balaban J connectivity index is 2.04. The van der Waals surface area contributed by atoms with Gasteiger partial charge in [0.2, 0.25) is 5.76 Å². The molecule has 0 bridgehead atoms. The highest BCUT2D eigenvalue weighted by Crippen LogP contribution is 2.20. The second-order valence-corrected chi connectivity index (χ2v) is 4.40. The Labute approximate surface area is 111 Å². The summed E-state index contributed by atoms with van der Waals surface area (Å²) in [4.78, 5) is 14.7. The fourth-order valence-corrected chi connectivity index (χ4v) is 1.91. The highest BCUT2D eigenvalue weighted by atomic mass is 16.4. The second-order valence-electron chi connectivity index (χ2n) is 4.40. The Bertz CT molecular complexity index is 551. The maximum atomic E-state index is 10.8. The van der Waals surface area contributed by atoms with Crippen LogP contribution >= 0.6 is 0 Å². The van der Waals surface area contributed by atoms with Gasteiger partial charge in [-0.05, 0) is 43.7 Å². The second kappa shape index (κ2) is 5.67. The van der Waals surface area contributed by atoms with E-state index in [0.717, 1.165) is 5.56 Å². The first kappa shape index (κ1) is 13.3. The lowest BCUT2D eigenvalue weighted by molar-refractivity contribution is 0.0659. The third-order valence-electron chi connectivity index (χ3n) is 2.97. The van der Waals surface area contributed by atoms with Gasteiger partial charge in [-0.2, -0.15) is 0 Å². The number of carboxylic acid groups (broad SMARTS) is 1. The number of nitrogens with one attached hydrogen (secondary N) is 1. The fraction of sp³-hybridized carbons (Fsp3) is 0.286. The molecule has 2 atom stereocenters. The van der Waals surface area contributed by atoms with Crippen LogP contribution in [0.1, 0.15) is 47.8 Å². The first-order valence-corrected chi connectivity index (χ1v) is 6.07. The number of nitrogens with zero attached hydrogens (tertiary/aromatic N) is 1. The van der Waals surface area contributed by atoms with E-state index in [-0.39, 0.29) is 17.8 Å². The molecule has 0 fully saturated rings. The molecule has 0 radical (unpaired) electrons. The van der Waals surface area contributed by atoms with E-state index in [0.29, 0.717) is 5.76 Å². The van der Waals surface area contributed by atoms with Crippen molar-refractivity contribution in [3.63, 3.8) is 0 Å². The molecule has 2 aromatic heterocycles. The average molecular weight is 260 g/mol. The molecule has 1 unspecified atom stereocenters. The highest BCUT2D eigenvalue weighted by Gasteiger charge is 2.16. The van der Waals surface area contributed by atoms with Crippen molar-refractivity contribution in [2.75, 3.05) is 0 Å². The number of aromatic carboxylic acids is 1. The molecule has 0 spiro atoms. The quantitative estimate of drug-likeness (QED) is 0.864. The average Bonchev–Trinajstić information content (AvgIpc) is 2.89. The third kappa shape index (κ3) is 3.20. The topological polar surface area (TPSA) is 75.4 Å². The minimum absolute atomic E-state index is 0.0415.